The standard InChI is InChI=1S/C19H12BrN/c20-19-15-9-5-4-8-14(15)18(13-6-2-1-3-7-13)17-12-21-11-10-16(17)19/h1-12H. The van der Waals surface area contributed by atoms with Crippen molar-refractivity contribution in [1.82, 2.24) is 4.98 Å². The van der Waals surface area contributed by atoms with Crippen LogP contribution in [-0.2, 0) is 0 Å². The van der Waals surface area contributed by atoms with Crippen LogP contribution >= 0.6 is 15.9 Å². The highest BCUT2D eigenvalue weighted by atomic mass is 79.9. The molecule has 0 bridgehead atoms. The van der Waals surface area contributed by atoms with Gasteiger partial charge in [0.2, 0.25) is 0 Å². The van der Waals surface area contributed by atoms with E-state index in [0.717, 1.165) is 4.47 Å². The van der Waals surface area contributed by atoms with Crippen LogP contribution in [0.25, 0.3) is 32.7 Å². The van der Waals surface area contributed by atoms with Gasteiger partial charge in [0.15, 0.2) is 0 Å². The van der Waals surface area contributed by atoms with Crippen molar-refractivity contribution in [2.75, 3.05) is 0 Å². The van der Waals surface area contributed by atoms with Gasteiger partial charge in [0, 0.05) is 27.6 Å². The summed E-state index contributed by atoms with van der Waals surface area (Å²) in [7, 11) is 0. The molecule has 2 heteroatoms. The fourth-order valence-corrected chi connectivity index (χ4v) is 3.58. The van der Waals surface area contributed by atoms with E-state index in [9.17, 15) is 0 Å². The molecular formula is C19H12BrN. The van der Waals surface area contributed by atoms with E-state index in [2.05, 4.69) is 75.5 Å². The topological polar surface area (TPSA) is 12.9 Å². The van der Waals surface area contributed by atoms with Crippen molar-refractivity contribution in [2.45, 2.75) is 0 Å². The van der Waals surface area contributed by atoms with Crippen molar-refractivity contribution in [3.05, 3.63) is 77.5 Å². The summed E-state index contributed by atoms with van der Waals surface area (Å²) in [6.45, 7) is 0. The van der Waals surface area contributed by atoms with Gasteiger partial charge in [-0.25, -0.2) is 0 Å². The van der Waals surface area contributed by atoms with Gasteiger partial charge in [-0.3, -0.25) is 4.98 Å². The molecular weight excluding hydrogens is 322 g/mol. The fraction of sp³-hybridized carbons (Fsp3) is 0. The van der Waals surface area contributed by atoms with Crippen LogP contribution in [0, 0.1) is 0 Å². The minimum Gasteiger partial charge on any atom is -0.264 e. The fourth-order valence-electron chi connectivity index (χ4n) is 2.88. The Morgan fingerprint density at radius 2 is 1.33 bits per heavy atom. The summed E-state index contributed by atoms with van der Waals surface area (Å²) in [6, 6.07) is 21.1. The Labute approximate surface area is 131 Å². The zero-order valence-electron chi connectivity index (χ0n) is 11.3. The van der Waals surface area contributed by atoms with E-state index in [1.807, 2.05) is 18.5 Å². The summed E-state index contributed by atoms with van der Waals surface area (Å²) in [5.41, 5.74) is 2.47. The molecule has 0 amide bonds. The molecule has 0 saturated carbocycles. The summed E-state index contributed by atoms with van der Waals surface area (Å²) < 4.78 is 1.13. The summed E-state index contributed by atoms with van der Waals surface area (Å²) in [5.74, 6) is 0. The normalized spacial score (nSPS) is 11.1. The van der Waals surface area contributed by atoms with E-state index in [1.165, 1.54) is 32.7 Å². The van der Waals surface area contributed by atoms with Crippen molar-refractivity contribution >= 4 is 37.5 Å². The van der Waals surface area contributed by atoms with Gasteiger partial charge < -0.3 is 0 Å². The Morgan fingerprint density at radius 1 is 0.667 bits per heavy atom. The zero-order chi connectivity index (χ0) is 14.2. The summed E-state index contributed by atoms with van der Waals surface area (Å²) >= 11 is 3.76. The Bertz CT molecular complexity index is 888. The van der Waals surface area contributed by atoms with E-state index < -0.39 is 0 Å². The van der Waals surface area contributed by atoms with E-state index in [1.54, 1.807) is 0 Å². The molecule has 0 aliphatic rings. The van der Waals surface area contributed by atoms with E-state index in [4.69, 9.17) is 0 Å². The first-order valence-corrected chi connectivity index (χ1v) is 7.65. The second kappa shape index (κ2) is 4.97. The van der Waals surface area contributed by atoms with Gasteiger partial charge in [0.25, 0.3) is 0 Å². The molecule has 4 rings (SSSR count). The van der Waals surface area contributed by atoms with Crippen LogP contribution in [0.3, 0.4) is 0 Å². The average molecular weight is 334 g/mol. The second-order valence-corrected chi connectivity index (χ2v) is 5.81. The second-order valence-electron chi connectivity index (χ2n) is 5.02. The lowest BCUT2D eigenvalue weighted by Gasteiger charge is -2.13. The number of benzene rings is 3. The zero-order valence-corrected chi connectivity index (χ0v) is 12.8. The number of hydrogen-bond donors (Lipinski definition) is 0. The SMILES string of the molecule is Brc1c2ccccc2c(-c2ccccc2)c2cnccc12. The average Bonchev–Trinajstić information content (AvgIpc) is 2.56. The molecule has 21 heavy (non-hydrogen) atoms. The third kappa shape index (κ3) is 1.95. The Morgan fingerprint density at radius 3 is 2.14 bits per heavy atom. The maximum atomic E-state index is 4.33. The van der Waals surface area contributed by atoms with E-state index in [0.29, 0.717) is 0 Å². The molecule has 0 radical (unpaired) electrons. The van der Waals surface area contributed by atoms with Crippen LogP contribution in [0.4, 0.5) is 0 Å². The lowest BCUT2D eigenvalue weighted by molar-refractivity contribution is 1.36. The molecule has 0 atom stereocenters. The van der Waals surface area contributed by atoms with Crippen LogP contribution < -0.4 is 0 Å². The largest absolute Gasteiger partial charge is 0.264 e. The van der Waals surface area contributed by atoms with Crippen molar-refractivity contribution in [2.24, 2.45) is 0 Å². The van der Waals surface area contributed by atoms with Gasteiger partial charge in [0.1, 0.15) is 0 Å². The molecule has 1 nitrogen and oxygen atoms in total. The van der Waals surface area contributed by atoms with Crippen molar-refractivity contribution in [1.29, 1.82) is 0 Å². The Balaban J connectivity index is 2.28. The van der Waals surface area contributed by atoms with Gasteiger partial charge in [-0.1, -0.05) is 54.6 Å². The van der Waals surface area contributed by atoms with Crippen LogP contribution in [-0.4, -0.2) is 4.98 Å². The third-order valence-electron chi connectivity index (χ3n) is 3.82. The summed E-state index contributed by atoms with van der Waals surface area (Å²) in [4.78, 5) is 4.33. The molecule has 1 aromatic heterocycles. The predicted molar refractivity (Wildman–Crippen MR) is 92.4 cm³/mol. The Hall–Kier alpha value is -2.19. The minimum absolute atomic E-state index is 1.13. The first-order valence-electron chi connectivity index (χ1n) is 6.85. The highest BCUT2D eigenvalue weighted by molar-refractivity contribution is 9.10. The molecule has 4 aromatic rings. The maximum absolute atomic E-state index is 4.33. The number of fused-ring (bicyclic) bond motifs is 2. The highest BCUT2D eigenvalue weighted by Crippen LogP contribution is 2.40. The predicted octanol–water partition coefficient (Wildman–Crippen LogP) is 5.82. The van der Waals surface area contributed by atoms with Crippen LogP contribution in [0.15, 0.2) is 77.5 Å². The van der Waals surface area contributed by atoms with Crippen molar-refractivity contribution in [3.63, 3.8) is 0 Å². The van der Waals surface area contributed by atoms with Crippen molar-refractivity contribution in [3.8, 4) is 11.1 Å². The van der Waals surface area contributed by atoms with Gasteiger partial charge in [-0.05, 0) is 43.9 Å². The molecule has 0 unspecified atom stereocenters. The van der Waals surface area contributed by atoms with Crippen LogP contribution in [0.1, 0.15) is 0 Å². The molecule has 0 saturated heterocycles. The summed E-state index contributed by atoms with van der Waals surface area (Å²) in [6.07, 6.45) is 3.80. The number of aromatic nitrogens is 1. The van der Waals surface area contributed by atoms with Gasteiger partial charge in [-0.2, -0.15) is 0 Å². The lowest BCUT2D eigenvalue weighted by atomic mass is 9.93. The molecule has 3 aromatic carbocycles. The maximum Gasteiger partial charge on any atom is 0.0353 e. The highest BCUT2D eigenvalue weighted by Gasteiger charge is 2.13. The van der Waals surface area contributed by atoms with Crippen molar-refractivity contribution < 1.29 is 0 Å². The number of hydrogen-bond acceptors (Lipinski definition) is 1. The summed E-state index contributed by atoms with van der Waals surface area (Å²) in [5, 5.41) is 4.85. The number of pyridine rings is 1. The minimum atomic E-state index is 1.13. The molecule has 1 heterocycles. The van der Waals surface area contributed by atoms with Gasteiger partial charge >= 0.3 is 0 Å². The molecule has 0 aliphatic heterocycles. The van der Waals surface area contributed by atoms with Gasteiger partial charge in [0.05, 0.1) is 0 Å². The number of nitrogens with zero attached hydrogens (tertiary/aromatic N) is 1. The quantitative estimate of drug-likeness (QED) is 0.400. The number of halogens is 1. The Kier molecular flexibility index (Phi) is 2.97. The first-order chi connectivity index (χ1) is 10.4. The first kappa shape index (κ1) is 12.5. The van der Waals surface area contributed by atoms with E-state index in [-0.39, 0.29) is 0 Å². The monoisotopic (exact) mass is 333 g/mol. The molecule has 100 valence electrons. The van der Waals surface area contributed by atoms with Crippen LogP contribution in [0.5, 0.6) is 0 Å². The molecule has 0 fully saturated rings. The third-order valence-corrected chi connectivity index (χ3v) is 4.68. The van der Waals surface area contributed by atoms with E-state index >= 15 is 0 Å². The molecule has 0 N–H and O–H groups in total. The molecule has 0 spiro atoms. The number of rotatable bonds is 1. The van der Waals surface area contributed by atoms with Crippen LogP contribution in [0.2, 0.25) is 0 Å². The molecule has 0 aliphatic carbocycles. The van der Waals surface area contributed by atoms with Gasteiger partial charge in [-0.15, -0.1) is 0 Å². The smallest absolute Gasteiger partial charge is 0.0353 e. The lowest BCUT2D eigenvalue weighted by Crippen LogP contribution is -1.88.